The molecule has 0 aromatic carbocycles. The third kappa shape index (κ3) is 1.58. The fraction of sp³-hybridized carbons (Fsp3) is 1.00. The molecule has 1 rings (SSSR count). The average Bonchev–Trinajstić information content (AvgIpc) is 2.08. The van der Waals surface area contributed by atoms with Gasteiger partial charge in [0, 0.05) is 6.54 Å². The summed E-state index contributed by atoms with van der Waals surface area (Å²) in [6, 6.07) is -0.984. The molecule has 7 N–H and O–H groups in total. The van der Waals surface area contributed by atoms with Crippen LogP contribution in [-0.4, -0.2) is 52.5 Å². The Hall–Kier alpha value is -0.240. The standard InChI is InChI=1S/C6H14N2O4/c7-1-2-4(9)5(10)3(8)6(11)12-2/h2-6,9-11H,1,7-8H2/t2-,3+,4-,5+,6-/m0/s1. The van der Waals surface area contributed by atoms with Crippen molar-refractivity contribution in [2.45, 2.75) is 30.6 Å². The molecule has 0 bridgehead atoms. The molecule has 1 fully saturated rings. The van der Waals surface area contributed by atoms with E-state index in [0.29, 0.717) is 0 Å². The van der Waals surface area contributed by atoms with E-state index in [1.807, 2.05) is 0 Å². The summed E-state index contributed by atoms with van der Waals surface area (Å²) in [5.74, 6) is 0. The number of hydrogen-bond acceptors (Lipinski definition) is 6. The van der Waals surface area contributed by atoms with Gasteiger partial charge in [0.15, 0.2) is 6.29 Å². The second-order valence-electron chi connectivity index (χ2n) is 2.86. The highest BCUT2D eigenvalue weighted by molar-refractivity contribution is 4.91. The summed E-state index contributed by atoms with van der Waals surface area (Å²) in [6.07, 6.45) is -4.34. The second-order valence-corrected chi connectivity index (χ2v) is 2.86. The normalized spacial score (nSPS) is 49.2. The van der Waals surface area contributed by atoms with Crippen molar-refractivity contribution in [1.29, 1.82) is 0 Å². The van der Waals surface area contributed by atoms with Gasteiger partial charge in [-0.3, -0.25) is 0 Å². The monoisotopic (exact) mass is 178 g/mol. The average molecular weight is 178 g/mol. The van der Waals surface area contributed by atoms with E-state index in [0.717, 1.165) is 0 Å². The molecular weight excluding hydrogens is 164 g/mol. The minimum absolute atomic E-state index is 0.0298. The highest BCUT2D eigenvalue weighted by atomic mass is 16.6. The third-order valence-corrected chi connectivity index (χ3v) is 2.00. The largest absolute Gasteiger partial charge is 0.388 e. The van der Waals surface area contributed by atoms with Crippen molar-refractivity contribution >= 4 is 0 Å². The van der Waals surface area contributed by atoms with Crippen LogP contribution in [0.4, 0.5) is 0 Å². The van der Waals surface area contributed by atoms with Crippen molar-refractivity contribution in [3.8, 4) is 0 Å². The smallest absolute Gasteiger partial charge is 0.172 e. The van der Waals surface area contributed by atoms with Crippen LogP contribution < -0.4 is 11.5 Å². The van der Waals surface area contributed by atoms with Gasteiger partial charge in [0.05, 0.1) is 6.04 Å². The summed E-state index contributed by atoms with van der Waals surface area (Å²) < 4.78 is 4.83. The zero-order valence-electron chi connectivity index (χ0n) is 6.50. The topological polar surface area (TPSA) is 122 Å². The molecular formula is C6H14N2O4. The van der Waals surface area contributed by atoms with Gasteiger partial charge < -0.3 is 31.5 Å². The Morgan fingerprint density at radius 2 is 1.75 bits per heavy atom. The zero-order valence-corrected chi connectivity index (χ0v) is 6.50. The Labute approximate surface area is 69.7 Å². The van der Waals surface area contributed by atoms with Gasteiger partial charge >= 0.3 is 0 Å². The molecule has 0 aliphatic carbocycles. The summed E-state index contributed by atoms with van der Waals surface area (Å²) in [5, 5.41) is 27.6. The Bertz CT molecular complexity index is 152. The molecule has 5 atom stereocenters. The highest BCUT2D eigenvalue weighted by Crippen LogP contribution is 2.17. The fourth-order valence-corrected chi connectivity index (χ4v) is 1.16. The Kier molecular flexibility index (Phi) is 2.99. The number of aliphatic hydroxyl groups is 3. The quantitative estimate of drug-likeness (QED) is 0.287. The van der Waals surface area contributed by atoms with Gasteiger partial charge in [-0.25, -0.2) is 0 Å². The summed E-state index contributed by atoms with van der Waals surface area (Å²) >= 11 is 0. The van der Waals surface area contributed by atoms with Gasteiger partial charge in [-0.05, 0) is 0 Å². The summed E-state index contributed by atoms with van der Waals surface area (Å²) in [7, 11) is 0. The van der Waals surface area contributed by atoms with Crippen molar-refractivity contribution in [3.63, 3.8) is 0 Å². The minimum atomic E-state index is -1.27. The molecule has 6 heteroatoms. The van der Waals surface area contributed by atoms with Gasteiger partial charge in [0.1, 0.15) is 18.3 Å². The molecule has 0 saturated carbocycles. The van der Waals surface area contributed by atoms with E-state index in [1.54, 1.807) is 0 Å². The Morgan fingerprint density at radius 1 is 1.17 bits per heavy atom. The number of rotatable bonds is 1. The molecule has 0 radical (unpaired) electrons. The van der Waals surface area contributed by atoms with Crippen molar-refractivity contribution < 1.29 is 20.1 Å². The molecule has 12 heavy (non-hydrogen) atoms. The van der Waals surface area contributed by atoms with Gasteiger partial charge in [0.2, 0.25) is 0 Å². The number of ether oxygens (including phenoxy) is 1. The van der Waals surface area contributed by atoms with E-state index in [9.17, 15) is 10.2 Å². The first kappa shape index (κ1) is 9.85. The summed E-state index contributed by atoms with van der Waals surface area (Å²) in [5.41, 5.74) is 10.5. The minimum Gasteiger partial charge on any atom is -0.388 e. The predicted molar refractivity (Wildman–Crippen MR) is 39.9 cm³/mol. The van der Waals surface area contributed by atoms with Gasteiger partial charge in [-0.15, -0.1) is 0 Å². The number of hydrogen-bond donors (Lipinski definition) is 5. The van der Waals surface area contributed by atoms with Crippen LogP contribution in [0.1, 0.15) is 0 Å². The van der Waals surface area contributed by atoms with Crippen LogP contribution in [0, 0.1) is 0 Å². The summed E-state index contributed by atoms with van der Waals surface area (Å²) in [4.78, 5) is 0. The lowest BCUT2D eigenvalue weighted by molar-refractivity contribution is -0.238. The lowest BCUT2D eigenvalue weighted by Crippen LogP contribution is -2.62. The van der Waals surface area contributed by atoms with E-state index in [1.165, 1.54) is 0 Å². The van der Waals surface area contributed by atoms with E-state index >= 15 is 0 Å². The lowest BCUT2D eigenvalue weighted by Gasteiger charge is -2.38. The van der Waals surface area contributed by atoms with E-state index in [2.05, 4.69) is 0 Å². The van der Waals surface area contributed by atoms with Crippen LogP contribution in [0.5, 0.6) is 0 Å². The molecule has 1 aliphatic rings. The second kappa shape index (κ2) is 3.65. The Morgan fingerprint density at radius 3 is 2.25 bits per heavy atom. The van der Waals surface area contributed by atoms with Crippen LogP contribution in [-0.2, 0) is 4.74 Å². The van der Waals surface area contributed by atoms with Gasteiger partial charge in [-0.2, -0.15) is 0 Å². The summed E-state index contributed by atoms with van der Waals surface area (Å²) in [6.45, 7) is 0.0298. The van der Waals surface area contributed by atoms with Crippen LogP contribution in [0.25, 0.3) is 0 Å². The first-order chi connectivity index (χ1) is 5.57. The first-order valence-corrected chi connectivity index (χ1v) is 3.73. The predicted octanol–water partition coefficient (Wildman–Crippen LogP) is -3.29. The zero-order chi connectivity index (χ0) is 9.30. The SMILES string of the molecule is NC[C@@H]1O[C@H](O)[C@H](N)[C@@H](O)[C@H]1O. The maximum absolute atomic E-state index is 9.28. The Balaban J connectivity index is 2.63. The number of nitrogens with two attached hydrogens (primary N) is 2. The molecule has 72 valence electrons. The maximum atomic E-state index is 9.28. The van der Waals surface area contributed by atoms with Crippen LogP contribution in [0.15, 0.2) is 0 Å². The molecule has 0 spiro atoms. The van der Waals surface area contributed by atoms with Crippen molar-refractivity contribution in [2.24, 2.45) is 11.5 Å². The fourth-order valence-electron chi connectivity index (χ4n) is 1.16. The van der Waals surface area contributed by atoms with Gasteiger partial charge in [-0.1, -0.05) is 0 Å². The van der Waals surface area contributed by atoms with Crippen LogP contribution >= 0.6 is 0 Å². The molecule has 1 saturated heterocycles. The molecule has 0 amide bonds. The molecule has 1 aliphatic heterocycles. The molecule has 1 heterocycles. The highest BCUT2D eigenvalue weighted by Gasteiger charge is 2.41. The maximum Gasteiger partial charge on any atom is 0.172 e. The van der Waals surface area contributed by atoms with Crippen LogP contribution in [0.3, 0.4) is 0 Å². The molecule has 6 nitrogen and oxygen atoms in total. The molecule has 0 aromatic heterocycles. The number of aliphatic hydroxyl groups excluding tert-OH is 3. The first-order valence-electron chi connectivity index (χ1n) is 3.73. The third-order valence-electron chi connectivity index (χ3n) is 2.00. The van der Waals surface area contributed by atoms with E-state index < -0.39 is 30.6 Å². The van der Waals surface area contributed by atoms with Crippen LogP contribution in [0.2, 0.25) is 0 Å². The lowest BCUT2D eigenvalue weighted by atomic mass is 9.98. The van der Waals surface area contributed by atoms with Crippen molar-refractivity contribution in [2.75, 3.05) is 6.54 Å². The van der Waals surface area contributed by atoms with E-state index in [4.69, 9.17) is 21.3 Å². The molecule has 0 aromatic rings. The molecule has 0 unspecified atom stereocenters. The van der Waals surface area contributed by atoms with Crippen molar-refractivity contribution in [1.82, 2.24) is 0 Å². The van der Waals surface area contributed by atoms with Gasteiger partial charge in [0.25, 0.3) is 0 Å². The van der Waals surface area contributed by atoms with E-state index in [-0.39, 0.29) is 6.54 Å². The van der Waals surface area contributed by atoms with Crippen molar-refractivity contribution in [3.05, 3.63) is 0 Å².